The molecule has 1 aromatic heterocycles. The van der Waals surface area contributed by atoms with Crippen molar-refractivity contribution in [1.29, 1.82) is 0 Å². The topological polar surface area (TPSA) is 3.88 Å². The van der Waals surface area contributed by atoms with Gasteiger partial charge >= 0.3 is 0 Å². The molecular weight excluding hydrogens is 122 g/mol. The fourth-order valence-corrected chi connectivity index (χ4v) is 1.09. The van der Waals surface area contributed by atoms with Gasteiger partial charge in [0.05, 0.1) is 0 Å². The van der Waals surface area contributed by atoms with Gasteiger partial charge in [-0.15, -0.1) is 0 Å². The molecule has 0 aliphatic rings. The Morgan fingerprint density at radius 1 is 1.50 bits per heavy atom. The SMILES string of the molecule is CCCc1ccc[n+](C)c1. The van der Waals surface area contributed by atoms with Gasteiger partial charge in [-0.25, -0.2) is 4.57 Å². The molecule has 1 aromatic rings. The molecule has 0 saturated carbocycles. The lowest BCUT2D eigenvalue weighted by molar-refractivity contribution is -0.671. The minimum atomic E-state index is 1.19. The summed E-state index contributed by atoms with van der Waals surface area (Å²) < 4.78 is 2.09. The first-order valence-corrected chi connectivity index (χ1v) is 3.77. The maximum absolute atomic E-state index is 2.20. The maximum atomic E-state index is 2.20. The van der Waals surface area contributed by atoms with E-state index in [1.807, 2.05) is 0 Å². The standard InChI is InChI=1S/C9H14N/c1-3-5-9-6-4-7-10(2)8-9/h4,6-8H,3,5H2,1-2H3/q+1. The van der Waals surface area contributed by atoms with Crippen molar-refractivity contribution in [2.45, 2.75) is 19.8 Å². The van der Waals surface area contributed by atoms with E-state index in [1.165, 1.54) is 18.4 Å². The van der Waals surface area contributed by atoms with Crippen LogP contribution >= 0.6 is 0 Å². The van der Waals surface area contributed by atoms with Crippen LogP contribution in [-0.4, -0.2) is 0 Å². The highest BCUT2D eigenvalue weighted by Gasteiger charge is 1.94. The number of hydrogen-bond acceptors (Lipinski definition) is 0. The largest absolute Gasteiger partial charge is 0.208 e. The van der Waals surface area contributed by atoms with Crippen molar-refractivity contribution >= 4 is 0 Å². The molecule has 0 radical (unpaired) electrons. The molecule has 0 aliphatic carbocycles. The third-order valence-corrected chi connectivity index (χ3v) is 1.54. The van der Waals surface area contributed by atoms with Crippen LogP contribution in [0.25, 0.3) is 0 Å². The Hall–Kier alpha value is -0.850. The zero-order valence-electron chi connectivity index (χ0n) is 6.67. The number of aromatic nitrogens is 1. The highest BCUT2D eigenvalue weighted by molar-refractivity contribution is 5.04. The average molecular weight is 136 g/mol. The van der Waals surface area contributed by atoms with Crippen molar-refractivity contribution in [3.05, 3.63) is 30.1 Å². The van der Waals surface area contributed by atoms with Crippen molar-refractivity contribution in [2.24, 2.45) is 7.05 Å². The highest BCUT2D eigenvalue weighted by atomic mass is 14.9. The zero-order chi connectivity index (χ0) is 7.40. The first-order valence-electron chi connectivity index (χ1n) is 3.77. The summed E-state index contributed by atoms with van der Waals surface area (Å²) in [5.74, 6) is 0. The van der Waals surface area contributed by atoms with Gasteiger partial charge in [-0.05, 0) is 12.5 Å². The number of nitrogens with zero attached hydrogens (tertiary/aromatic N) is 1. The molecule has 0 fully saturated rings. The van der Waals surface area contributed by atoms with Crippen molar-refractivity contribution in [3.63, 3.8) is 0 Å². The summed E-state index contributed by atoms with van der Waals surface area (Å²) in [6.07, 6.45) is 6.64. The summed E-state index contributed by atoms with van der Waals surface area (Å²) in [5.41, 5.74) is 1.42. The summed E-state index contributed by atoms with van der Waals surface area (Å²) >= 11 is 0. The molecule has 1 nitrogen and oxygen atoms in total. The van der Waals surface area contributed by atoms with Gasteiger partial charge in [-0.1, -0.05) is 13.3 Å². The van der Waals surface area contributed by atoms with Crippen LogP contribution < -0.4 is 4.57 Å². The van der Waals surface area contributed by atoms with Crippen molar-refractivity contribution in [1.82, 2.24) is 0 Å². The normalized spacial score (nSPS) is 9.80. The fraction of sp³-hybridized carbons (Fsp3) is 0.444. The van der Waals surface area contributed by atoms with Crippen molar-refractivity contribution in [2.75, 3.05) is 0 Å². The second-order valence-corrected chi connectivity index (χ2v) is 2.63. The fourth-order valence-electron chi connectivity index (χ4n) is 1.09. The molecule has 1 rings (SSSR count). The molecule has 1 heteroatoms. The van der Waals surface area contributed by atoms with E-state index in [-0.39, 0.29) is 0 Å². The summed E-state index contributed by atoms with van der Waals surface area (Å²) in [6, 6.07) is 4.26. The number of aryl methyl sites for hydroxylation is 2. The minimum absolute atomic E-state index is 1.19. The molecule has 0 amide bonds. The molecule has 0 unspecified atom stereocenters. The monoisotopic (exact) mass is 136 g/mol. The first kappa shape index (κ1) is 7.26. The molecule has 0 atom stereocenters. The van der Waals surface area contributed by atoms with Crippen LogP contribution in [0, 0.1) is 0 Å². The Balaban J connectivity index is 2.75. The lowest BCUT2D eigenvalue weighted by Crippen LogP contribution is -2.26. The molecule has 54 valence electrons. The van der Waals surface area contributed by atoms with Crippen molar-refractivity contribution in [3.8, 4) is 0 Å². The van der Waals surface area contributed by atoms with Crippen LogP contribution in [-0.2, 0) is 13.5 Å². The predicted octanol–water partition coefficient (Wildman–Crippen LogP) is 1.46. The lowest BCUT2D eigenvalue weighted by atomic mass is 10.2. The quantitative estimate of drug-likeness (QED) is 0.542. The minimum Gasteiger partial charge on any atom is -0.208 e. The highest BCUT2D eigenvalue weighted by Crippen LogP contribution is 1.97. The lowest BCUT2D eigenvalue weighted by Gasteiger charge is -1.93. The van der Waals surface area contributed by atoms with E-state index in [1.54, 1.807) is 0 Å². The van der Waals surface area contributed by atoms with E-state index in [0.717, 1.165) is 0 Å². The number of pyridine rings is 1. The van der Waals surface area contributed by atoms with Crippen LogP contribution in [0.4, 0.5) is 0 Å². The first-order chi connectivity index (χ1) is 4.83. The van der Waals surface area contributed by atoms with Crippen LogP contribution in [0.15, 0.2) is 24.5 Å². The summed E-state index contributed by atoms with van der Waals surface area (Å²) in [5, 5.41) is 0. The smallest absolute Gasteiger partial charge is 0.171 e. The van der Waals surface area contributed by atoms with Gasteiger partial charge in [0.1, 0.15) is 7.05 Å². The van der Waals surface area contributed by atoms with E-state index >= 15 is 0 Å². The summed E-state index contributed by atoms with van der Waals surface area (Å²) in [6.45, 7) is 2.20. The van der Waals surface area contributed by atoms with E-state index in [2.05, 4.69) is 43.1 Å². The third-order valence-electron chi connectivity index (χ3n) is 1.54. The van der Waals surface area contributed by atoms with Gasteiger partial charge in [0, 0.05) is 11.6 Å². The van der Waals surface area contributed by atoms with E-state index in [0.29, 0.717) is 0 Å². The Bertz CT molecular complexity index is 206. The van der Waals surface area contributed by atoms with Gasteiger partial charge in [0.25, 0.3) is 0 Å². The Morgan fingerprint density at radius 2 is 2.30 bits per heavy atom. The number of rotatable bonds is 2. The second kappa shape index (κ2) is 3.35. The molecule has 0 spiro atoms. The van der Waals surface area contributed by atoms with Gasteiger partial charge in [0.2, 0.25) is 0 Å². The van der Waals surface area contributed by atoms with E-state index in [4.69, 9.17) is 0 Å². The Kier molecular flexibility index (Phi) is 2.43. The molecular formula is C9H14N+. The van der Waals surface area contributed by atoms with Gasteiger partial charge in [0.15, 0.2) is 12.4 Å². The summed E-state index contributed by atoms with van der Waals surface area (Å²) in [7, 11) is 2.05. The predicted molar refractivity (Wildman–Crippen MR) is 41.6 cm³/mol. The number of hydrogen-bond donors (Lipinski definition) is 0. The van der Waals surface area contributed by atoms with Crippen LogP contribution in [0.2, 0.25) is 0 Å². The molecule has 0 aromatic carbocycles. The maximum Gasteiger partial charge on any atom is 0.171 e. The van der Waals surface area contributed by atoms with Crippen molar-refractivity contribution < 1.29 is 4.57 Å². The van der Waals surface area contributed by atoms with Crippen LogP contribution in [0.1, 0.15) is 18.9 Å². The van der Waals surface area contributed by atoms with E-state index in [9.17, 15) is 0 Å². The second-order valence-electron chi connectivity index (χ2n) is 2.63. The van der Waals surface area contributed by atoms with E-state index < -0.39 is 0 Å². The average Bonchev–Trinajstić information content (AvgIpc) is 1.88. The summed E-state index contributed by atoms with van der Waals surface area (Å²) in [4.78, 5) is 0. The molecule has 10 heavy (non-hydrogen) atoms. The van der Waals surface area contributed by atoms with Gasteiger partial charge < -0.3 is 0 Å². The Labute approximate surface area is 62.3 Å². The van der Waals surface area contributed by atoms with Crippen LogP contribution in [0.5, 0.6) is 0 Å². The molecule has 1 heterocycles. The molecule has 0 N–H and O–H groups in total. The zero-order valence-corrected chi connectivity index (χ0v) is 6.67. The molecule has 0 aliphatic heterocycles. The Morgan fingerprint density at radius 3 is 2.90 bits per heavy atom. The van der Waals surface area contributed by atoms with Gasteiger partial charge in [-0.3, -0.25) is 0 Å². The molecule has 0 bridgehead atoms. The molecule has 0 saturated heterocycles. The van der Waals surface area contributed by atoms with Gasteiger partial charge in [-0.2, -0.15) is 0 Å². The van der Waals surface area contributed by atoms with Crippen LogP contribution in [0.3, 0.4) is 0 Å². The third kappa shape index (κ3) is 1.83.